The zero-order valence-corrected chi connectivity index (χ0v) is 8.56. The van der Waals surface area contributed by atoms with Crippen molar-refractivity contribution in [2.45, 2.75) is 31.8 Å². The highest BCUT2D eigenvalue weighted by atomic mass is 16.4. The van der Waals surface area contributed by atoms with Crippen molar-refractivity contribution in [1.82, 2.24) is 10.2 Å². The lowest BCUT2D eigenvalue weighted by atomic mass is 10.2. The Hall–Kier alpha value is -1.70. The summed E-state index contributed by atoms with van der Waals surface area (Å²) in [5, 5.41) is 11.4. The smallest absolute Gasteiger partial charge is 0.326 e. The summed E-state index contributed by atoms with van der Waals surface area (Å²) < 4.78 is 0. The van der Waals surface area contributed by atoms with Crippen LogP contribution in [0.2, 0.25) is 0 Å². The number of nitrogens with zero attached hydrogens (tertiary/aromatic N) is 1. The fourth-order valence-corrected chi connectivity index (χ4v) is 1.58. The first kappa shape index (κ1) is 11.4. The minimum Gasteiger partial charge on any atom is -0.480 e. The number of likely N-dealkylation sites (tertiary alicyclic amines) is 1. The monoisotopic (exact) mass is 210 g/mol. The molecule has 1 fully saturated rings. The molecule has 82 valence electrons. The number of rotatable bonds is 2. The Bertz CT molecular complexity index is 308. The molecule has 0 aliphatic carbocycles. The van der Waals surface area contributed by atoms with Gasteiger partial charge in [0.25, 0.3) is 0 Å². The van der Waals surface area contributed by atoms with Crippen molar-refractivity contribution < 1.29 is 14.7 Å². The van der Waals surface area contributed by atoms with Crippen LogP contribution >= 0.6 is 0 Å². The molecule has 0 aromatic heterocycles. The van der Waals surface area contributed by atoms with Crippen molar-refractivity contribution in [2.75, 3.05) is 6.54 Å². The van der Waals surface area contributed by atoms with Crippen molar-refractivity contribution in [1.29, 1.82) is 0 Å². The van der Waals surface area contributed by atoms with Crippen LogP contribution < -0.4 is 5.32 Å². The van der Waals surface area contributed by atoms with E-state index in [9.17, 15) is 9.59 Å². The number of carbonyl (C=O) groups is 2. The number of carboxylic acid groups (broad SMARTS) is 1. The second-order valence-electron chi connectivity index (χ2n) is 3.53. The molecule has 5 heteroatoms. The zero-order valence-electron chi connectivity index (χ0n) is 8.56. The predicted octanol–water partition coefficient (Wildman–Crippen LogP) is 0.267. The van der Waals surface area contributed by atoms with Crippen LogP contribution in [0, 0.1) is 12.3 Å². The second-order valence-corrected chi connectivity index (χ2v) is 3.53. The third kappa shape index (κ3) is 2.62. The van der Waals surface area contributed by atoms with Gasteiger partial charge in [-0.15, -0.1) is 6.42 Å². The molecule has 2 amide bonds. The third-order valence-electron chi connectivity index (χ3n) is 2.39. The molecule has 1 aliphatic heterocycles. The fourth-order valence-electron chi connectivity index (χ4n) is 1.58. The van der Waals surface area contributed by atoms with Crippen LogP contribution in [-0.4, -0.2) is 40.6 Å². The van der Waals surface area contributed by atoms with Gasteiger partial charge in [0.05, 0.1) is 6.04 Å². The number of carbonyl (C=O) groups excluding carboxylic acids is 1. The van der Waals surface area contributed by atoms with E-state index in [-0.39, 0.29) is 6.04 Å². The number of hydrogen-bond donors (Lipinski definition) is 2. The van der Waals surface area contributed by atoms with Crippen LogP contribution in [-0.2, 0) is 4.79 Å². The first-order chi connectivity index (χ1) is 7.06. The van der Waals surface area contributed by atoms with Gasteiger partial charge in [-0.3, -0.25) is 0 Å². The third-order valence-corrected chi connectivity index (χ3v) is 2.39. The van der Waals surface area contributed by atoms with E-state index in [1.807, 2.05) is 0 Å². The van der Waals surface area contributed by atoms with E-state index >= 15 is 0 Å². The minimum absolute atomic E-state index is 0.382. The lowest BCUT2D eigenvalue weighted by Gasteiger charge is -2.22. The minimum atomic E-state index is -0.962. The summed E-state index contributed by atoms with van der Waals surface area (Å²) >= 11 is 0. The Kier molecular flexibility index (Phi) is 3.56. The zero-order chi connectivity index (χ0) is 11.4. The van der Waals surface area contributed by atoms with E-state index < -0.39 is 18.0 Å². The van der Waals surface area contributed by atoms with Crippen LogP contribution in [0.5, 0.6) is 0 Å². The Morgan fingerprint density at radius 1 is 1.67 bits per heavy atom. The van der Waals surface area contributed by atoms with Crippen LogP contribution in [0.3, 0.4) is 0 Å². The largest absolute Gasteiger partial charge is 0.480 e. The molecule has 0 aromatic rings. The molecular formula is C10H14N2O3. The average Bonchev–Trinajstić information content (AvgIpc) is 2.65. The molecule has 0 spiro atoms. The molecule has 0 bridgehead atoms. The van der Waals surface area contributed by atoms with Gasteiger partial charge in [-0.2, -0.15) is 0 Å². The van der Waals surface area contributed by atoms with Gasteiger partial charge >= 0.3 is 12.0 Å². The van der Waals surface area contributed by atoms with Gasteiger partial charge < -0.3 is 15.3 Å². The molecular weight excluding hydrogens is 196 g/mol. The van der Waals surface area contributed by atoms with E-state index in [1.54, 1.807) is 6.92 Å². The molecule has 1 aliphatic rings. The number of hydrogen-bond acceptors (Lipinski definition) is 2. The van der Waals surface area contributed by atoms with Crippen LogP contribution in [0.1, 0.15) is 19.8 Å². The van der Waals surface area contributed by atoms with E-state index in [0.717, 1.165) is 6.42 Å². The number of terminal acetylenes is 1. The summed E-state index contributed by atoms with van der Waals surface area (Å²) in [5.41, 5.74) is 0. The van der Waals surface area contributed by atoms with Gasteiger partial charge in [-0.25, -0.2) is 9.59 Å². The first-order valence-electron chi connectivity index (χ1n) is 4.82. The number of nitrogens with one attached hydrogen (secondary N) is 1. The van der Waals surface area contributed by atoms with Gasteiger partial charge in [0, 0.05) is 6.54 Å². The van der Waals surface area contributed by atoms with Crippen LogP contribution in [0.15, 0.2) is 0 Å². The SMILES string of the molecule is C#CC(C)NC(=O)N1CCC[C@H]1C(=O)O. The average molecular weight is 210 g/mol. The molecule has 1 saturated heterocycles. The maximum absolute atomic E-state index is 11.6. The van der Waals surface area contributed by atoms with E-state index in [4.69, 9.17) is 11.5 Å². The highest BCUT2D eigenvalue weighted by Crippen LogP contribution is 2.17. The van der Waals surface area contributed by atoms with Gasteiger partial charge in [0.15, 0.2) is 0 Å². The maximum Gasteiger partial charge on any atom is 0.326 e. The Morgan fingerprint density at radius 2 is 2.33 bits per heavy atom. The second kappa shape index (κ2) is 4.69. The van der Waals surface area contributed by atoms with E-state index in [0.29, 0.717) is 13.0 Å². The Balaban J connectivity index is 2.59. The molecule has 2 N–H and O–H groups in total. The first-order valence-corrected chi connectivity index (χ1v) is 4.82. The normalized spacial score (nSPS) is 21.9. The summed E-state index contributed by atoms with van der Waals surface area (Å²) in [6.07, 6.45) is 6.34. The standard InChI is InChI=1S/C10H14N2O3/c1-3-7(2)11-10(15)12-6-4-5-8(12)9(13)14/h1,7-8H,4-6H2,2H3,(H,11,15)(H,13,14)/t7?,8-/m0/s1. The molecule has 5 nitrogen and oxygen atoms in total. The molecule has 1 rings (SSSR count). The van der Waals surface area contributed by atoms with Crippen LogP contribution in [0.4, 0.5) is 4.79 Å². The van der Waals surface area contributed by atoms with Gasteiger partial charge in [-0.1, -0.05) is 5.92 Å². The quantitative estimate of drug-likeness (QED) is 0.642. The predicted molar refractivity (Wildman–Crippen MR) is 54.2 cm³/mol. The maximum atomic E-state index is 11.6. The van der Waals surface area contributed by atoms with E-state index in [2.05, 4.69) is 11.2 Å². The van der Waals surface area contributed by atoms with Gasteiger partial charge in [0.2, 0.25) is 0 Å². The van der Waals surface area contributed by atoms with Crippen molar-refractivity contribution in [3.63, 3.8) is 0 Å². The molecule has 0 radical (unpaired) electrons. The number of urea groups is 1. The van der Waals surface area contributed by atoms with Gasteiger partial charge in [0.1, 0.15) is 6.04 Å². The van der Waals surface area contributed by atoms with Gasteiger partial charge in [-0.05, 0) is 19.8 Å². The lowest BCUT2D eigenvalue weighted by Crippen LogP contribution is -2.48. The molecule has 2 atom stereocenters. The Morgan fingerprint density at radius 3 is 2.87 bits per heavy atom. The molecule has 1 unspecified atom stereocenters. The summed E-state index contributed by atoms with van der Waals surface area (Å²) in [7, 11) is 0. The number of aliphatic carboxylic acids is 1. The summed E-state index contributed by atoms with van der Waals surface area (Å²) in [6, 6.07) is -1.49. The van der Waals surface area contributed by atoms with Crippen molar-refractivity contribution in [3.8, 4) is 12.3 Å². The molecule has 0 saturated carbocycles. The van der Waals surface area contributed by atoms with Crippen molar-refractivity contribution in [3.05, 3.63) is 0 Å². The summed E-state index contributed by atoms with van der Waals surface area (Å²) in [6.45, 7) is 2.14. The summed E-state index contributed by atoms with van der Waals surface area (Å²) in [4.78, 5) is 23.7. The summed E-state index contributed by atoms with van der Waals surface area (Å²) in [5.74, 6) is 1.40. The topological polar surface area (TPSA) is 69.6 Å². The highest BCUT2D eigenvalue weighted by Gasteiger charge is 2.34. The lowest BCUT2D eigenvalue weighted by molar-refractivity contribution is -0.141. The van der Waals surface area contributed by atoms with Crippen molar-refractivity contribution >= 4 is 12.0 Å². The van der Waals surface area contributed by atoms with E-state index in [1.165, 1.54) is 4.90 Å². The highest BCUT2D eigenvalue weighted by molar-refractivity contribution is 5.83. The molecule has 0 aromatic carbocycles. The number of carboxylic acids is 1. The van der Waals surface area contributed by atoms with Crippen molar-refractivity contribution in [2.24, 2.45) is 0 Å². The fraction of sp³-hybridized carbons (Fsp3) is 0.600. The van der Waals surface area contributed by atoms with Crippen LogP contribution in [0.25, 0.3) is 0 Å². The number of amides is 2. The molecule has 15 heavy (non-hydrogen) atoms. The Labute approximate surface area is 88.4 Å². The molecule has 1 heterocycles.